The van der Waals surface area contributed by atoms with Gasteiger partial charge in [-0.3, -0.25) is 4.90 Å². The first-order chi connectivity index (χ1) is 9.78. The van der Waals surface area contributed by atoms with Crippen LogP contribution in [0.2, 0.25) is 5.15 Å². The molecule has 0 aliphatic carbocycles. The summed E-state index contributed by atoms with van der Waals surface area (Å²) in [5.74, 6) is 0.588. The summed E-state index contributed by atoms with van der Waals surface area (Å²) in [5.41, 5.74) is 0. The number of aromatic nitrogens is 1. The summed E-state index contributed by atoms with van der Waals surface area (Å²) in [6.07, 6.45) is 0.980. The molecule has 0 spiro atoms. The van der Waals surface area contributed by atoms with E-state index in [0.717, 1.165) is 45.7 Å². The summed E-state index contributed by atoms with van der Waals surface area (Å²) in [6, 6.07) is 5.39. The minimum atomic E-state index is 0.250. The zero-order valence-corrected chi connectivity index (χ0v) is 12.4. The minimum absolute atomic E-state index is 0.250. The molecule has 2 heterocycles. The standard InChI is InChI=1S/C14H22ClN3O2/c15-13-3-1-4-14(16-13)20-12-2-5-17-6-8-18(9-7-17)10-11-19/h1,3-4,19H,2,5-12H2. The number of nitrogens with zero attached hydrogens (tertiary/aromatic N) is 3. The number of hydrogen-bond acceptors (Lipinski definition) is 5. The SMILES string of the molecule is OCCN1CCN(CCCOc2cccc(Cl)n2)CC1. The Morgan fingerprint density at radius 3 is 2.50 bits per heavy atom. The fraction of sp³-hybridized carbons (Fsp3) is 0.643. The second kappa shape index (κ2) is 8.42. The molecule has 5 nitrogen and oxygen atoms in total. The third-order valence-corrected chi connectivity index (χ3v) is 3.65. The van der Waals surface area contributed by atoms with Crippen LogP contribution in [0.5, 0.6) is 5.88 Å². The summed E-state index contributed by atoms with van der Waals surface area (Å²) in [7, 11) is 0. The molecule has 0 aromatic carbocycles. The van der Waals surface area contributed by atoms with Gasteiger partial charge in [0.25, 0.3) is 0 Å². The molecular formula is C14H22ClN3O2. The molecule has 0 unspecified atom stereocenters. The summed E-state index contributed by atoms with van der Waals surface area (Å²) in [6.45, 7) is 6.94. The van der Waals surface area contributed by atoms with Crippen LogP contribution in [0, 0.1) is 0 Å². The highest BCUT2D eigenvalue weighted by Gasteiger charge is 2.15. The van der Waals surface area contributed by atoms with E-state index in [9.17, 15) is 0 Å². The molecule has 0 bridgehead atoms. The van der Waals surface area contributed by atoms with Gasteiger partial charge >= 0.3 is 0 Å². The van der Waals surface area contributed by atoms with Crippen LogP contribution >= 0.6 is 11.6 Å². The quantitative estimate of drug-likeness (QED) is 0.604. The Morgan fingerprint density at radius 1 is 1.15 bits per heavy atom. The Hall–Kier alpha value is -0.880. The van der Waals surface area contributed by atoms with Gasteiger partial charge in [0.15, 0.2) is 0 Å². The lowest BCUT2D eigenvalue weighted by atomic mass is 10.3. The number of β-amino-alcohol motifs (C(OH)–C–C–N with tert-alkyl or cyclic N) is 1. The zero-order chi connectivity index (χ0) is 14.2. The largest absolute Gasteiger partial charge is 0.478 e. The molecule has 1 aliphatic heterocycles. The Morgan fingerprint density at radius 2 is 1.85 bits per heavy atom. The van der Waals surface area contributed by atoms with Crippen molar-refractivity contribution in [3.05, 3.63) is 23.4 Å². The third-order valence-electron chi connectivity index (χ3n) is 3.44. The van der Waals surface area contributed by atoms with E-state index in [0.29, 0.717) is 17.6 Å². The fourth-order valence-corrected chi connectivity index (χ4v) is 2.47. The summed E-state index contributed by atoms with van der Waals surface area (Å²) in [4.78, 5) is 8.81. The maximum atomic E-state index is 8.90. The van der Waals surface area contributed by atoms with Crippen LogP contribution in [-0.4, -0.2) is 72.4 Å². The molecule has 0 saturated carbocycles. The summed E-state index contributed by atoms with van der Waals surface area (Å²) >= 11 is 5.80. The van der Waals surface area contributed by atoms with Crippen LogP contribution in [0.3, 0.4) is 0 Å². The molecule has 1 N–H and O–H groups in total. The van der Waals surface area contributed by atoms with Crippen molar-refractivity contribution in [1.82, 2.24) is 14.8 Å². The lowest BCUT2D eigenvalue weighted by Gasteiger charge is -2.34. The summed E-state index contributed by atoms with van der Waals surface area (Å²) in [5, 5.41) is 9.36. The first kappa shape index (κ1) is 15.5. The molecule has 1 fully saturated rings. The Kier molecular flexibility index (Phi) is 6.53. The highest BCUT2D eigenvalue weighted by molar-refractivity contribution is 6.29. The van der Waals surface area contributed by atoms with Crippen molar-refractivity contribution in [2.45, 2.75) is 6.42 Å². The Balaban J connectivity index is 1.58. The number of pyridine rings is 1. The smallest absolute Gasteiger partial charge is 0.214 e. The van der Waals surface area contributed by atoms with Gasteiger partial charge in [-0.1, -0.05) is 17.7 Å². The Bertz CT molecular complexity index is 398. The lowest BCUT2D eigenvalue weighted by molar-refractivity contribution is 0.108. The lowest BCUT2D eigenvalue weighted by Crippen LogP contribution is -2.47. The van der Waals surface area contributed by atoms with Crippen LogP contribution < -0.4 is 4.74 Å². The molecule has 6 heteroatoms. The van der Waals surface area contributed by atoms with Gasteiger partial charge in [-0.25, -0.2) is 4.98 Å². The van der Waals surface area contributed by atoms with Gasteiger partial charge in [0, 0.05) is 45.3 Å². The van der Waals surface area contributed by atoms with E-state index >= 15 is 0 Å². The molecule has 20 heavy (non-hydrogen) atoms. The van der Waals surface area contributed by atoms with Gasteiger partial charge in [0.2, 0.25) is 5.88 Å². The van der Waals surface area contributed by atoms with Crippen LogP contribution in [0.25, 0.3) is 0 Å². The van der Waals surface area contributed by atoms with E-state index in [1.165, 1.54) is 0 Å². The molecule has 0 atom stereocenters. The number of halogens is 1. The normalized spacial score (nSPS) is 17.3. The monoisotopic (exact) mass is 299 g/mol. The van der Waals surface area contributed by atoms with Gasteiger partial charge < -0.3 is 14.7 Å². The van der Waals surface area contributed by atoms with E-state index < -0.39 is 0 Å². The molecule has 0 radical (unpaired) electrons. The molecule has 0 amide bonds. The van der Waals surface area contributed by atoms with Crippen molar-refractivity contribution in [3.8, 4) is 5.88 Å². The van der Waals surface area contributed by atoms with E-state index in [4.69, 9.17) is 21.4 Å². The van der Waals surface area contributed by atoms with Crippen LogP contribution in [0.4, 0.5) is 0 Å². The molecule has 2 rings (SSSR count). The molecular weight excluding hydrogens is 278 g/mol. The molecule has 1 aliphatic rings. The van der Waals surface area contributed by atoms with Gasteiger partial charge in [-0.2, -0.15) is 0 Å². The fourth-order valence-electron chi connectivity index (χ4n) is 2.31. The zero-order valence-electron chi connectivity index (χ0n) is 11.7. The summed E-state index contributed by atoms with van der Waals surface area (Å²) < 4.78 is 5.57. The average molecular weight is 300 g/mol. The van der Waals surface area contributed by atoms with Crippen LogP contribution in [-0.2, 0) is 0 Å². The number of aliphatic hydroxyl groups is 1. The van der Waals surface area contributed by atoms with Gasteiger partial charge in [0.1, 0.15) is 5.15 Å². The van der Waals surface area contributed by atoms with E-state index in [1.807, 2.05) is 12.1 Å². The Labute approximate surface area is 125 Å². The minimum Gasteiger partial charge on any atom is -0.478 e. The second-order valence-electron chi connectivity index (χ2n) is 4.91. The van der Waals surface area contributed by atoms with Crippen molar-refractivity contribution >= 4 is 11.6 Å². The molecule has 1 saturated heterocycles. The van der Waals surface area contributed by atoms with Gasteiger partial charge in [0.05, 0.1) is 13.2 Å². The van der Waals surface area contributed by atoms with Crippen molar-refractivity contribution in [2.24, 2.45) is 0 Å². The highest BCUT2D eigenvalue weighted by atomic mass is 35.5. The third kappa shape index (κ3) is 5.25. The number of hydrogen-bond donors (Lipinski definition) is 1. The van der Waals surface area contributed by atoms with Crippen LogP contribution in [0.1, 0.15) is 6.42 Å². The van der Waals surface area contributed by atoms with Crippen molar-refractivity contribution in [3.63, 3.8) is 0 Å². The number of rotatable bonds is 7. The average Bonchev–Trinajstić information content (AvgIpc) is 2.46. The van der Waals surface area contributed by atoms with E-state index in [2.05, 4.69) is 14.8 Å². The van der Waals surface area contributed by atoms with Gasteiger partial charge in [-0.05, 0) is 12.5 Å². The predicted molar refractivity (Wildman–Crippen MR) is 79.3 cm³/mol. The highest BCUT2D eigenvalue weighted by Crippen LogP contribution is 2.11. The van der Waals surface area contributed by atoms with Gasteiger partial charge in [-0.15, -0.1) is 0 Å². The van der Waals surface area contributed by atoms with Crippen molar-refractivity contribution in [2.75, 3.05) is 52.5 Å². The molecule has 1 aromatic heterocycles. The first-order valence-corrected chi connectivity index (χ1v) is 7.46. The van der Waals surface area contributed by atoms with Crippen molar-refractivity contribution in [1.29, 1.82) is 0 Å². The number of ether oxygens (including phenoxy) is 1. The maximum Gasteiger partial charge on any atom is 0.214 e. The first-order valence-electron chi connectivity index (χ1n) is 7.09. The topological polar surface area (TPSA) is 48.8 Å². The number of piperazine rings is 1. The van der Waals surface area contributed by atoms with E-state index in [1.54, 1.807) is 6.07 Å². The maximum absolute atomic E-state index is 8.90. The predicted octanol–water partition coefficient (Wildman–Crippen LogP) is 1.11. The van der Waals surface area contributed by atoms with E-state index in [-0.39, 0.29) is 6.61 Å². The number of aliphatic hydroxyl groups excluding tert-OH is 1. The van der Waals surface area contributed by atoms with Crippen LogP contribution in [0.15, 0.2) is 18.2 Å². The van der Waals surface area contributed by atoms with Crippen molar-refractivity contribution < 1.29 is 9.84 Å². The molecule has 112 valence electrons. The second-order valence-corrected chi connectivity index (χ2v) is 5.29. The molecule has 1 aromatic rings.